The van der Waals surface area contributed by atoms with E-state index in [4.69, 9.17) is 5.73 Å². The van der Waals surface area contributed by atoms with Gasteiger partial charge >= 0.3 is 0 Å². The lowest BCUT2D eigenvalue weighted by Gasteiger charge is -2.10. The van der Waals surface area contributed by atoms with Crippen molar-refractivity contribution in [1.29, 1.82) is 0 Å². The maximum Gasteiger partial charge on any atom is 0.0582 e. The number of rotatable bonds is 4. The third kappa shape index (κ3) is 2.70. The maximum atomic E-state index is 6.22. The fraction of sp³-hybridized carbons (Fsp3) is 0.308. The molecule has 0 saturated heterocycles. The molecule has 1 atom stereocenters. The van der Waals surface area contributed by atoms with Crippen molar-refractivity contribution in [3.05, 3.63) is 47.8 Å². The highest BCUT2D eigenvalue weighted by Crippen LogP contribution is 2.22. The fourth-order valence-electron chi connectivity index (χ4n) is 1.72. The predicted molar refractivity (Wildman–Crippen MR) is 72.2 cm³/mol. The van der Waals surface area contributed by atoms with Crippen molar-refractivity contribution < 1.29 is 0 Å². The molecule has 90 valence electrons. The van der Waals surface area contributed by atoms with Gasteiger partial charge in [-0.15, -0.1) is 11.8 Å². The van der Waals surface area contributed by atoms with Crippen LogP contribution in [0.2, 0.25) is 0 Å². The first-order valence-corrected chi connectivity index (χ1v) is 6.89. The molecule has 2 N–H and O–H groups in total. The second-order valence-corrected chi connectivity index (χ2v) is 4.76. The summed E-state index contributed by atoms with van der Waals surface area (Å²) in [7, 11) is 0. The van der Waals surface area contributed by atoms with Crippen LogP contribution in [0.4, 0.5) is 0 Å². The highest BCUT2D eigenvalue weighted by atomic mass is 32.2. The lowest BCUT2D eigenvalue weighted by Crippen LogP contribution is -2.10. The Morgan fingerprint density at radius 3 is 2.53 bits per heavy atom. The van der Waals surface area contributed by atoms with Crippen LogP contribution < -0.4 is 5.73 Å². The van der Waals surface area contributed by atoms with Crippen molar-refractivity contribution in [2.75, 3.05) is 6.26 Å². The van der Waals surface area contributed by atoms with Gasteiger partial charge in [-0.25, -0.2) is 0 Å². The molecule has 0 bridgehead atoms. The van der Waals surface area contributed by atoms with Gasteiger partial charge in [0.25, 0.3) is 0 Å². The van der Waals surface area contributed by atoms with Crippen molar-refractivity contribution in [2.45, 2.75) is 24.4 Å². The van der Waals surface area contributed by atoms with Crippen LogP contribution in [0.25, 0.3) is 0 Å². The summed E-state index contributed by atoms with van der Waals surface area (Å²) in [4.78, 5) is 1.25. The van der Waals surface area contributed by atoms with E-state index in [0.29, 0.717) is 0 Å². The van der Waals surface area contributed by atoms with Crippen LogP contribution in [-0.2, 0) is 6.54 Å². The minimum atomic E-state index is -0.0915. The summed E-state index contributed by atoms with van der Waals surface area (Å²) in [5, 5.41) is 4.25. The topological polar surface area (TPSA) is 43.8 Å². The lowest BCUT2D eigenvalue weighted by atomic mass is 10.0. The molecule has 0 fully saturated rings. The molecule has 0 aliphatic rings. The number of hydrogen-bond acceptors (Lipinski definition) is 3. The number of nitrogens with zero attached hydrogens (tertiary/aromatic N) is 2. The standard InChI is InChI=1S/C13H17N3S/c1-3-16-9-11(8-15-16)13(14)10-4-6-12(17-2)7-5-10/h4-9,13H,3,14H2,1-2H3. The Morgan fingerprint density at radius 2 is 2.00 bits per heavy atom. The van der Waals surface area contributed by atoms with E-state index in [0.717, 1.165) is 17.7 Å². The number of benzene rings is 1. The second kappa shape index (κ2) is 5.38. The van der Waals surface area contributed by atoms with Crippen LogP contribution in [0.5, 0.6) is 0 Å². The van der Waals surface area contributed by atoms with Gasteiger partial charge in [0.15, 0.2) is 0 Å². The van der Waals surface area contributed by atoms with Gasteiger partial charge < -0.3 is 5.73 Å². The summed E-state index contributed by atoms with van der Waals surface area (Å²) in [5.41, 5.74) is 8.40. The largest absolute Gasteiger partial charge is 0.320 e. The summed E-state index contributed by atoms with van der Waals surface area (Å²) in [5.74, 6) is 0. The predicted octanol–water partition coefficient (Wildman–Crippen LogP) is 2.67. The molecule has 0 spiro atoms. The molecule has 3 nitrogen and oxygen atoms in total. The van der Waals surface area contributed by atoms with Crippen LogP contribution in [0.3, 0.4) is 0 Å². The van der Waals surface area contributed by atoms with Gasteiger partial charge in [-0.1, -0.05) is 12.1 Å². The SMILES string of the molecule is CCn1cc(C(N)c2ccc(SC)cc2)cn1. The molecule has 2 aromatic rings. The first-order chi connectivity index (χ1) is 8.24. The lowest BCUT2D eigenvalue weighted by molar-refractivity contribution is 0.658. The average molecular weight is 247 g/mol. The zero-order valence-electron chi connectivity index (χ0n) is 10.1. The van der Waals surface area contributed by atoms with Gasteiger partial charge in [0.2, 0.25) is 0 Å². The minimum Gasteiger partial charge on any atom is -0.320 e. The van der Waals surface area contributed by atoms with E-state index < -0.39 is 0 Å². The van der Waals surface area contributed by atoms with Crippen molar-refractivity contribution in [3.63, 3.8) is 0 Å². The molecule has 1 aromatic heterocycles. The number of aromatic nitrogens is 2. The second-order valence-electron chi connectivity index (χ2n) is 3.88. The molecule has 0 amide bonds. The summed E-state index contributed by atoms with van der Waals surface area (Å²) < 4.78 is 1.89. The Balaban J connectivity index is 2.20. The summed E-state index contributed by atoms with van der Waals surface area (Å²) in [6.07, 6.45) is 5.92. The van der Waals surface area contributed by atoms with Gasteiger partial charge in [0.05, 0.1) is 12.2 Å². The molecule has 0 aliphatic carbocycles. The average Bonchev–Trinajstić information content (AvgIpc) is 2.87. The minimum absolute atomic E-state index is 0.0915. The van der Waals surface area contributed by atoms with Gasteiger partial charge in [-0.05, 0) is 30.9 Å². The van der Waals surface area contributed by atoms with Crippen molar-refractivity contribution in [3.8, 4) is 0 Å². The Hall–Kier alpha value is -1.26. The van der Waals surface area contributed by atoms with Gasteiger partial charge in [-0.2, -0.15) is 5.10 Å². The summed E-state index contributed by atoms with van der Waals surface area (Å²) in [6.45, 7) is 2.94. The smallest absolute Gasteiger partial charge is 0.0582 e. The molecule has 0 radical (unpaired) electrons. The highest BCUT2D eigenvalue weighted by molar-refractivity contribution is 7.98. The molecule has 4 heteroatoms. The van der Waals surface area contributed by atoms with E-state index in [1.165, 1.54) is 4.90 Å². The monoisotopic (exact) mass is 247 g/mol. The van der Waals surface area contributed by atoms with Gasteiger partial charge in [0, 0.05) is 23.2 Å². The number of nitrogens with two attached hydrogens (primary N) is 1. The van der Waals surface area contributed by atoms with E-state index in [1.807, 2.05) is 17.1 Å². The molecule has 0 saturated carbocycles. The Labute approximate surface area is 106 Å². The number of hydrogen-bond donors (Lipinski definition) is 1. The van der Waals surface area contributed by atoms with Gasteiger partial charge in [0.1, 0.15) is 0 Å². The van der Waals surface area contributed by atoms with E-state index in [1.54, 1.807) is 11.8 Å². The summed E-state index contributed by atoms with van der Waals surface area (Å²) >= 11 is 1.74. The van der Waals surface area contributed by atoms with E-state index in [2.05, 4.69) is 42.5 Å². The van der Waals surface area contributed by atoms with Crippen LogP contribution in [0.15, 0.2) is 41.6 Å². The third-order valence-electron chi connectivity index (χ3n) is 2.81. The quantitative estimate of drug-likeness (QED) is 0.845. The Bertz CT molecular complexity index is 476. The molecule has 1 aromatic carbocycles. The molecular weight excluding hydrogens is 230 g/mol. The number of thioether (sulfide) groups is 1. The highest BCUT2D eigenvalue weighted by Gasteiger charge is 2.10. The van der Waals surface area contributed by atoms with Crippen molar-refractivity contribution in [1.82, 2.24) is 9.78 Å². The molecule has 1 heterocycles. The van der Waals surface area contributed by atoms with E-state index in [9.17, 15) is 0 Å². The van der Waals surface area contributed by atoms with Crippen LogP contribution >= 0.6 is 11.8 Å². The molecule has 0 aliphatic heterocycles. The first-order valence-electron chi connectivity index (χ1n) is 5.66. The van der Waals surface area contributed by atoms with E-state index in [-0.39, 0.29) is 6.04 Å². The van der Waals surface area contributed by atoms with E-state index >= 15 is 0 Å². The normalized spacial score (nSPS) is 12.6. The van der Waals surface area contributed by atoms with Crippen molar-refractivity contribution in [2.24, 2.45) is 5.73 Å². The first kappa shape index (κ1) is 12.2. The molecule has 2 rings (SSSR count). The maximum absolute atomic E-state index is 6.22. The fourth-order valence-corrected chi connectivity index (χ4v) is 2.13. The van der Waals surface area contributed by atoms with Crippen LogP contribution in [0.1, 0.15) is 24.1 Å². The zero-order chi connectivity index (χ0) is 12.3. The number of aryl methyl sites for hydroxylation is 1. The Kier molecular flexibility index (Phi) is 3.86. The molecule has 1 unspecified atom stereocenters. The van der Waals surface area contributed by atoms with Crippen LogP contribution in [0, 0.1) is 0 Å². The molecule has 17 heavy (non-hydrogen) atoms. The Morgan fingerprint density at radius 1 is 1.29 bits per heavy atom. The summed E-state index contributed by atoms with van der Waals surface area (Å²) in [6, 6.07) is 8.28. The third-order valence-corrected chi connectivity index (χ3v) is 3.55. The molecular formula is C13H17N3S. The van der Waals surface area contributed by atoms with Crippen LogP contribution in [-0.4, -0.2) is 16.0 Å². The zero-order valence-corrected chi connectivity index (χ0v) is 10.9. The van der Waals surface area contributed by atoms with Gasteiger partial charge in [-0.3, -0.25) is 4.68 Å². The van der Waals surface area contributed by atoms with Crippen molar-refractivity contribution >= 4 is 11.8 Å².